The zero-order valence-corrected chi connectivity index (χ0v) is 13.3. The number of aromatic nitrogens is 2. The van der Waals surface area contributed by atoms with Gasteiger partial charge in [0.1, 0.15) is 5.65 Å². The molecule has 2 aromatic heterocycles. The van der Waals surface area contributed by atoms with Crippen LogP contribution in [-0.2, 0) is 0 Å². The van der Waals surface area contributed by atoms with Gasteiger partial charge in [-0.15, -0.1) is 0 Å². The maximum absolute atomic E-state index is 12.5. The van der Waals surface area contributed by atoms with Crippen LogP contribution in [0.3, 0.4) is 0 Å². The third-order valence-corrected chi connectivity index (χ3v) is 4.19. The molecule has 2 N–H and O–H groups in total. The summed E-state index contributed by atoms with van der Waals surface area (Å²) in [5.41, 5.74) is 3.60. The molecule has 0 spiro atoms. The molecular weight excluding hydrogens is 286 g/mol. The van der Waals surface area contributed by atoms with Gasteiger partial charge in [-0.3, -0.25) is 4.79 Å². The molecular formula is C19H19N3O. The summed E-state index contributed by atoms with van der Waals surface area (Å²) in [5, 5.41) is 9.25. The second-order valence-corrected chi connectivity index (χ2v) is 5.87. The minimum atomic E-state index is -0.187. The van der Waals surface area contributed by atoms with E-state index < -0.39 is 0 Å². The van der Waals surface area contributed by atoms with Crippen LogP contribution < -0.4 is 0 Å². The number of fused-ring (bicyclic) bond motifs is 1. The summed E-state index contributed by atoms with van der Waals surface area (Å²) in [7, 11) is 0. The predicted molar refractivity (Wildman–Crippen MR) is 92.4 cm³/mol. The normalized spacial score (nSPS) is 12.3. The molecule has 23 heavy (non-hydrogen) atoms. The first-order valence-electron chi connectivity index (χ1n) is 7.67. The molecule has 1 aromatic carbocycles. The van der Waals surface area contributed by atoms with E-state index in [1.54, 1.807) is 12.3 Å². The van der Waals surface area contributed by atoms with Crippen molar-refractivity contribution in [1.82, 2.24) is 9.97 Å². The molecule has 0 saturated carbocycles. The van der Waals surface area contributed by atoms with Crippen molar-refractivity contribution in [2.45, 2.75) is 26.2 Å². The van der Waals surface area contributed by atoms with Crippen LogP contribution in [0.4, 0.5) is 0 Å². The second kappa shape index (κ2) is 6.16. The van der Waals surface area contributed by atoms with Gasteiger partial charge in [0, 0.05) is 23.3 Å². The summed E-state index contributed by atoms with van der Waals surface area (Å²) in [6.07, 6.45) is 4.08. The monoisotopic (exact) mass is 305 g/mol. The first kappa shape index (κ1) is 15.2. The summed E-state index contributed by atoms with van der Waals surface area (Å²) < 4.78 is 0. The molecule has 4 nitrogen and oxygen atoms in total. The van der Waals surface area contributed by atoms with Crippen molar-refractivity contribution in [3.05, 3.63) is 65.5 Å². The first-order valence-corrected chi connectivity index (χ1v) is 7.67. The Morgan fingerprint density at radius 3 is 2.83 bits per heavy atom. The fourth-order valence-electron chi connectivity index (χ4n) is 2.88. The number of aromatic amines is 1. The number of carbonyl (C=O) groups is 1. The highest BCUT2D eigenvalue weighted by Crippen LogP contribution is 2.27. The molecule has 1 atom stereocenters. The van der Waals surface area contributed by atoms with Crippen molar-refractivity contribution in [2.24, 2.45) is 0 Å². The summed E-state index contributed by atoms with van der Waals surface area (Å²) in [6, 6.07) is 11.3. The lowest BCUT2D eigenvalue weighted by Crippen LogP contribution is -2.16. The molecule has 4 heteroatoms. The van der Waals surface area contributed by atoms with Crippen molar-refractivity contribution in [3.8, 4) is 0 Å². The van der Waals surface area contributed by atoms with Crippen LogP contribution in [0.1, 0.15) is 40.7 Å². The third-order valence-electron chi connectivity index (χ3n) is 4.19. The molecule has 2 heterocycles. The molecule has 1 unspecified atom stereocenters. The van der Waals surface area contributed by atoms with Gasteiger partial charge in [-0.2, -0.15) is 0 Å². The fourth-order valence-corrected chi connectivity index (χ4v) is 2.88. The number of pyridine rings is 1. The van der Waals surface area contributed by atoms with E-state index in [0.717, 1.165) is 22.2 Å². The number of benzene rings is 1. The van der Waals surface area contributed by atoms with Crippen LogP contribution in [-0.4, -0.2) is 21.5 Å². The van der Waals surface area contributed by atoms with Gasteiger partial charge in [0.05, 0.1) is 5.71 Å². The zero-order chi connectivity index (χ0) is 16.4. The van der Waals surface area contributed by atoms with E-state index in [-0.39, 0.29) is 17.4 Å². The van der Waals surface area contributed by atoms with Crippen LogP contribution in [0.15, 0.2) is 48.8 Å². The lowest BCUT2D eigenvalue weighted by Gasteiger charge is -2.12. The number of ketones is 1. The van der Waals surface area contributed by atoms with Gasteiger partial charge in [0.25, 0.3) is 0 Å². The Labute approximate surface area is 135 Å². The Morgan fingerprint density at radius 1 is 1.26 bits per heavy atom. The number of nitrogens with zero attached hydrogens (tertiary/aromatic N) is 1. The van der Waals surface area contributed by atoms with E-state index in [1.165, 1.54) is 0 Å². The lowest BCUT2D eigenvalue weighted by molar-refractivity contribution is 0.106. The highest BCUT2D eigenvalue weighted by Gasteiger charge is 2.19. The molecule has 0 aliphatic carbocycles. The number of H-pyrrole nitrogens is 1. The topological polar surface area (TPSA) is 69.6 Å². The first-order chi connectivity index (χ1) is 11.1. The van der Waals surface area contributed by atoms with E-state index in [9.17, 15) is 4.79 Å². The smallest absolute Gasteiger partial charge is 0.206 e. The molecule has 0 aliphatic rings. The molecule has 0 bridgehead atoms. The second-order valence-electron chi connectivity index (χ2n) is 5.87. The Morgan fingerprint density at radius 2 is 2.04 bits per heavy atom. The molecule has 0 amide bonds. The van der Waals surface area contributed by atoms with Crippen LogP contribution in [0.5, 0.6) is 0 Å². The SMILES string of the molecule is Cc1ccccc1C(=O)C(=N)CC(C)c1c[nH]c2ncccc12. The summed E-state index contributed by atoms with van der Waals surface area (Å²) in [5.74, 6) is -0.110. The molecule has 116 valence electrons. The standard InChI is InChI=1S/C19H19N3O/c1-12-6-3-4-7-14(12)18(23)17(20)10-13(2)16-11-22-19-15(16)8-5-9-21-19/h3-9,11,13,20H,10H2,1-2H3,(H,21,22). The molecule has 0 radical (unpaired) electrons. The summed E-state index contributed by atoms with van der Waals surface area (Å²) in [4.78, 5) is 19.9. The van der Waals surface area contributed by atoms with Crippen LogP contribution in [0, 0.1) is 12.3 Å². The molecule has 3 aromatic rings. The lowest BCUT2D eigenvalue weighted by atomic mass is 9.91. The van der Waals surface area contributed by atoms with Gasteiger partial charge in [0.15, 0.2) is 0 Å². The number of nitrogens with one attached hydrogen (secondary N) is 2. The predicted octanol–water partition coefficient (Wildman–Crippen LogP) is 4.27. The molecule has 0 fully saturated rings. The number of carbonyl (C=O) groups excluding carboxylic acids is 1. The summed E-state index contributed by atoms with van der Waals surface area (Å²) >= 11 is 0. The number of Topliss-reactive ketones (excluding diaryl/α,β-unsaturated/α-hetero) is 1. The molecule has 3 rings (SSSR count). The Kier molecular flexibility index (Phi) is 4.06. The van der Waals surface area contributed by atoms with E-state index in [2.05, 4.69) is 9.97 Å². The van der Waals surface area contributed by atoms with Crippen molar-refractivity contribution >= 4 is 22.5 Å². The Hall–Kier alpha value is -2.75. The van der Waals surface area contributed by atoms with E-state index in [1.807, 2.05) is 50.4 Å². The quantitative estimate of drug-likeness (QED) is 0.546. The highest BCUT2D eigenvalue weighted by atomic mass is 16.1. The van der Waals surface area contributed by atoms with Gasteiger partial charge in [-0.1, -0.05) is 31.2 Å². The third kappa shape index (κ3) is 2.93. The van der Waals surface area contributed by atoms with Gasteiger partial charge in [0.2, 0.25) is 5.78 Å². The molecule has 0 aliphatic heterocycles. The average Bonchev–Trinajstić information content (AvgIpc) is 2.98. The van der Waals surface area contributed by atoms with Gasteiger partial charge in [-0.05, 0) is 42.5 Å². The largest absolute Gasteiger partial charge is 0.346 e. The Bertz CT molecular complexity index is 879. The number of hydrogen-bond acceptors (Lipinski definition) is 3. The number of aryl methyl sites for hydroxylation is 1. The summed E-state index contributed by atoms with van der Waals surface area (Å²) in [6.45, 7) is 3.94. The van der Waals surface area contributed by atoms with Crippen molar-refractivity contribution in [1.29, 1.82) is 5.41 Å². The van der Waals surface area contributed by atoms with E-state index >= 15 is 0 Å². The van der Waals surface area contributed by atoms with Crippen LogP contribution in [0.25, 0.3) is 11.0 Å². The van der Waals surface area contributed by atoms with Gasteiger partial charge < -0.3 is 10.4 Å². The van der Waals surface area contributed by atoms with Crippen molar-refractivity contribution in [2.75, 3.05) is 0 Å². The zero-order valence-electron chi connectivity index (χ0n) is 13.3. The number of rotatable bonds is 5. The van der Waals surface area contributed by atoms with Gasteiger partial charge >= 0.3 is 0 Å². The van der Waals surface area contributed by atoms with Crippen molar-refractivity contribution < 1.29 is 4.79 Å². The van der Waals surface area contributed by atoms with E-state index in [4.69, 9.17) is 5.41 Å². The number of hydrogen-bond donors (Lipinski definition) is 2. The average molecular weight is 305 g/mol. The maximum atomic E-state index is 12.5. The van der Waals surface area contributed by atoms with Gasteiger partial charge in [-0.25, -0.2) is 4.98 Å². The minimum Gasteiger partial charge on any atom is -0.346 e. The maximum Gasteiger partial charge on any atom is 0.206 e. The van der Waals surface area contributed by atoms with E-state index in [0.29, 0.717) is 12.0 Å². The minimum absolute atomic E-state index is 0.0772. The fraction of sp³-hybridized carbons (Fsp3) is 0.211. The van der Waals surface area contributed by atoms with Crippen LogP contribution in [0.2, 0.25) is 0 Å². The van der Waals surface area contributed by atoms with Crippen LogP contribution >= 0.6 is 0 Å². The highest BCUT2D eigenvalue weighted by molar-refractivity contribution is 6.45. The Balaban J connectivity index is 1.80. The van der Waals surface area contributed by atoms with Crippen molar-refractivity contribution in [3.63, 3.8) is 0 Å². The molecule has 0 saturated heterocycles.